The van der Waals surface area contributed by atoms with Crippen LogP contribution in [0.15, 0.2) is 77.8 Å². The molecule has 5 nitrogen and oxygen atoms in total. The van der Waals surface area contributed by atoms with Gasteiger partial charge in [0.05, 0.1) is 11.4 Å². The van der Waals surface area contributed by atoms with E-state index >= 15 is 0 Å². The van der Waals surface area contributed by atoms with Crippen molar-refractivity contribution in [3.05, 3.63) is 95.8 Å². The number of hydrogen-bond acceptors (Lipinski definition) is 4. The summed E-state index contributed by atoms with van der Waals surface area (Å²) in [6, 6.07) is 17.5. The minimum absolute atomic E-state index is 0.0274. The van der Waals surface area contributed by atoms with Gasteiger partial charge >= 0.3 is 0 Å². The fraction of sp³-hybridized carbons (Fsp3) is 0.160. The molecule has 3 aromatic rings. The molecular formula is C25H20F3N3O2S. The van der Waals surface area contributed by atoms with E-state index in [-0.39, 0.29) is 36.8 Å². The molecule has 0 bridgehead atoms. The van der Waals surface area contributed by atoms with Gasteiger partial charge in [-0.1, -0.05) is 42.1 Å². The molecule has 0 radical (unpaired) electrons. The Morgan fingerprint density at radius 2 is 1.62 bits per heavy atom. The molecule has 174 valence electrons. The average Bonchev–Trinajstić information content (AvgIpc) is 3.10. The van der Waals surface area contributed by atoms with E-state index in [1.165, 1.54) is 53.4 Å². The molecule has 0 aromatic heterocycles. The van der Waals surface area contributed by atoms with Gasteiger partial charge in [-0.3, -0.25) is 14.5 Å². The van der Waals surface area contributed by atoms with Crippen LogP contribution in [-0.2, 0) is 16.0 Å². The van der Waals surface area contributed by atoms with Crippen molar-refractivity contribution in [1.29, 1.82) is 0 Å². The van der Waals surface area contributed by atoms with E-state index in [2.05, 4.69) is 10.3 Å². The number of hydrogen-bond donors (Lipinski definition) is 1. The summed E-state index contributed by atoms with van der Waals surface area (Å²) in [5.41, 5.74) is 0.908. The Hall–Kier alpha value is -3.59. The van der Waals surface area contributed by atoms with E-state index in [1.807, 2.05) is 0 Å². The van der Waals surface area contributed by atoms with Crippen molar-refractivity contribution in [2.24, 2.45) is 4.99 Å². The number of rotatable bonds is 7. The van der Waals surface area contributed by atoms with Crippen LogP contribution in [0, 0.1) is 17.5 Å². The second kappa shape index (κ2) is 10.6. The summed E-state index contributed by atoms with van der Waals surface area (Å²) in [4.78, 5) is 31.5. The van der Waals surface area contributed by atoms with Crippen molar-refractivity contribution in [3.8, 4) is 0 Å². The maximum atomic E-state index is 14.1. The number of nitrogens with zero attached hydrogens (tertiary/aromatic N) is 2. The summed E-state index contributed by atoms with van der Waals surface area (Å²) in [7, 11) is 0. The Morgan fingerprint density at radius 3 is 2.32 bits per heavy atom. The molecule has 1 saturated heterocycles. The molecule has 1 aliphatic rings. The standard InChI is InChI=1S/C25H20F3N3O2S/c26-17-9-11-18(12-10-17)29-25-31(14-13-16-5-1-2-6-19(16)27)24(33)22(34-25)15-23(32)30-21-8-4-3-7-20(21)28/h1-12,22H,13-15H2,(H,30,32)/t22-/m1/s1. The lowest BCUT2D eigenvalue weighted by atomic mass is 10.1. The molecule has 0 saturated carbocycles. The summed E-state index contributed by atoms with van der Waals surface area (Å²) in [6.45, 7) is 0.151. The number of benzene rings is 3. The zero-order valence-electron chi connectivity index (χ0n) is 17.9. The minimum atomic E-state index is -0.786. The molecule has 2 amide bonds. The van der Waals surface area contributed by atoms with Gasteiger partial charge in [0, 0.05) is 13.0 Å². The molecule has 0 unspecified atom stereocenters. The van der Waals surface area contributed by atoms with Crippen molar-refractivity contribution in [3.63, 3.8) is 0 Å². The third kappa shape index (κ3) is 5.66. The van der Waals surface area contributed by atoms with E-state index in [4.69, 9.17) is 0 Å². The van der Waals surface area contributed by atoms with Crippen molar-refractivity contribution in [2.45, 2.75) is 18.1 Å². The summed E-state index contributed by atoms with van der Waals surface area (Å²) < 4.78 is 41.2. The molecular weight excluding hydrogens is 463 g/mol. The summed E-state index contributed by atoms with van der Waals surface area (Å²) in [5.74, 6) is -2.25. The van der Waals surface area contributed by atoms with E-state index in [9.17, 15) is 22.8 Å². The van der Waals surface area contributed by atoms with E-state index in [0.29, 0.717) is 16.4 Å². The minimum Gasteiger partial charge on any atom is -0.324 e. The monoisotopic (exact) mass is 483 g/mol. The largest absolute Gasteiger partial charge is 0.324 e. The van der Waals surface area contributed by atoms with E-state index < -0.39 is 22.8 Å². The first-order valence-corrected chi connectivity index (χ1v) is 11.4. The lowest BCUT2D eigenvalue weighted by molar-refractivity contribution is -0.128. The van der Waals surface area contributed by atoms with Gasteiger partial charge in [-0.25, -0.2) is 18.2 Å². The quantitative estimate of drug-likeness (QED) is 0.496. The van der Waals surface area contributed by atoms with Crippen LogP contribution in [0.25, 0.3) is 0 Å². The molecule has 0 spiro atoms. The highest BCUT2D eigenvalue weighted by atomic mass is 32.2. The Bertz CT molecular complexity index is 1230. The second-order valence-corrected chi connectivity index (χ2v) is 8.71. The third-order valence-electron chi connectivity index (χ3n) is 5.15. The topological polar surface area (TPSA) is 61.8 Å². The predicted molar refractivity (Wildman–Crippen MR) is 126 cm³/mol. The fourth-order valence-electron chi connectivity index (χ4n) is 3.42. The normalized spacial score (nSPS) is 16.8. The highest BCUT2D eigenvalue weighted by molar-refractivity contribution is 8.15. The van der Waals surface area contributed by atoms with E-state index in [1.54, 1.807) is 24.3 Å². The van der Waals surface area contributed by atoms with Crippen LogP contribution in [-0.4, -0.2) is 33.7 Å². The lowest BCUT2D eigenvalue weighted by Gasteiger charge is -2.17. The Labute approximate surface area is 198 Å². The van der Waals surface area contributed by atoms with Crippen LogP contribution >= 0.6 is 11.8 Å². The van der Waals surface area contributed by atoms with Gasteiger partial charge < -0.3 is 5.32 Å². The highest BCUT2D eigenvalue weighted by Gasteiger charge is 2.39. The number of amides is 2. The van der Waals surface area contributed by atoms with Crippen molar-refractivity contribution in [1.82, 2.24) is 4.90 Å². The number of halogens is 3. The summed E-state index contributed by atoms with van der Waals surface area (Å²) in [6.07, 6.45) is 0.0476. The molecule has 1 aliphatic heterocycles. The van der Waals surface area contributed by atoms with Crippen LogP contribution in [0.2, 0.25) is 0 Å². The second-order valence-electron chi connectivity index (χ2n) is 7.54. The molecule has 1 fully saturated rings. The maximum absolute atomic E-state index is 14.1. The van der Waals surface area contributed by atoms with Gasteiger partial charge in [-0.15, -0.1) is 0 Å². The van der Waals surface area contributed by atoms with Gasteiger partial charge in [0.15, 0.2) is 5.17 Å². The SMILES string of the molecule is O=C(C[C@H]1SC(=Nc2ccc(F)cc2)N(CCc2ccccc2F)C1=O)Nc1ccccc1F. The molecule has 1 heterocycles. The first-order valence-electron chi connectivity index (χ1n) is 10.5. The Kier molecular flexibility index (Phi) is 7.32. The molecule has 34 heavy (non-hydrogen) atoms. The number of thioether (sulfide) groups is 1. The van der Waals surface area contributed by atoms with Gasteiger partial charge in [0.2, 0.25) is 11.8 Å². The van der Waals surface area contributed by atoms with E-state index in [0.717, 1.165) is 11.8 Å². The zero-order valence-corrected chi connectivity index (χ0v) is 18.7. The molecule has 9 heteroatoms. The van der Waals surface area contributed by atoms with Crippen LogP contribution in [0.5, 0.6) is 0 Å². The number of para-hydroxylation sites is 1. The van der Waals surface area contributed by atoms with Crippen molar-refractivity contribution >= 4 is 40.1 Å². The summed E-state index contributed by atoms with van der Waals surface area (Å²) in [5, 5.41) is 2.02. The van der Waals surface area contributed by atoms with Crippen LogP contribution < -0.4 is 5.32 Å². The Balaban J connectivity index is 1.52. The lowest BCUT2D eigenvalue weighted by Crippen LogP contribution is -2.35. The van der Waals surface area contributed by atoms with Crippen LogP contribution in [0.1, 0.15) is 12.0 Å². The number of anilines is 1. The average molecular weight is 484 g/mol. The number of amidine groups is 1. The first-order chi connectivity index (χ1) is 16.4. The fourth-order valence-corrected chi connectivity index (χ4v) is 4.61. The molecule has 3 aromatic carbocycles. The van der Waals surface area contributed by atoms with Crippen molar-refractivity contribution < 1.29 is 22.8 Å². The maximum Gasteiger partial charge on any atom is 0.242 e. The highest BCUT2D eigenvalue weighted by Crippen LogP contribution is 2.32. The van der Waals surface area contributed by atoms with Crippen LogP contribution in [0.4, 0.5) is 24.5 Å². The first kappa shape index (κ1) is 23.6. The number of carbonyl (C=O) groups excluding carboxylic acids is 2. The molecule has 1 N–H and O–H groups in total. The van der Waals surface area contributed by atoms with Gasteiger partial charge in [-0.05, 0) is 54.4 Å². The molecule has 0 aliphatic carbocycles. The predicted octanol–water partition coefficient (Wildman–Crippen LogP) is 5.31. The van der Waals surface area contributed by atoms with Crippen LogP contribution in [0.3, 0.4) is 0 Å². The number of aliphatic imine (C=N–C) groups is 1. The van der Waals surface area contributed by atoms with Gasteiger partial charge in [0.1, 0.15) is 22.7 Å². The van der Waals surface area contributed by atoms with Crippen molar-refractivity contribution in [2.75, 3.05) is 11.9 Å². The number of nitrogens with one attached hydrogen (secondary N) is 1. The number of carbonyl (C=O) groups is 2. The third-order valence-corrected chi connectivity index (χ3v) is 6.33. The van der Waals surface area contributed by atoms with Gasteiger partial charge in [-0.2, -0.15) is 0 Å². The summed E-state index contributed by atoms with van der Waals surface area (Å²) >= 11 is 1.09. The zero-order chi connectivity index (χ0) is 24.1. The molecule has 1 atom stereocenters. The van der Waals surface area contributed by atoms with Gasteiger partial charge in [0.25, 0.3) is 0 Å². The smallest absolute Gasteiger partial charge is 0.242 e. The Morgan fingerprint density at radius 1 is 0.941 bits per heavy atom. The molecule has 4 rings (SSSR count).